The summed E-state index contributed by atoms with van der Waals surface area (Å²) in [6.07, 6.45) is 55.6. The molecule has 0 aromatic carbocycles. The molecular weight excluding hydrogens is 1200 g/mol. The van der Waals surface area contributed by atoms with Crippen molar-refractivity contribution in [1.29, 1.82) is 0 Å². The van der Waals surface area contributed by atoms with Gasteiger partial charge in [0.25, 0.3) is 0 Å². The Morgan fingerprint density at radius 1 is 0.264 bits per heavy atom. The molecule has 0 aliphatic heterocycles. The first-order valence-electron chi connectivity index (χ1n) is 37.8. The molecule has 0 aromatic rings. The molecule has 3 N–H and O–H groups in total. The molecule has 19 heteroatoms. The molecule has 0 spiro atoms. The highest BCUT2D eigenvalue weighted by atomic mass is 31.2. The minimum absolute atomic E-state index is 0.107. The predicted molar refractivity (Wildman–Crippen MR) is 368 cm³/mol. The van der Waals surface area contributed by atoms with E-state index in [4.69, 9.17) is 37.0 Å². The molecular formula is C72H140O17P2. The van der Waals surface area contributed by atoms with Crippen molar-refractivity contribution in [3.63, 3.8) is 0 Å². The number of phosphoric acid groups is 2. The van der Waals surface area contributed by atoms with Gasteiger partial charge in [0.15, 0.2) is 12.2 Å². The summed E-state index contributed by atoms with van der Waals surface area (Å²) in [6.45, 7) is 4.91. The lowest BCUT2D eigenvalue weighted by atomic mass is 10.0. The van der Waals surface area contributed by atoms with Crippen molar-refractivity contribution >= 4 is 39.5 Å². The second-order valence-corrected chi connectivity index (χ2v) is 28.9. The Morgan fingerprint density at radius 3 is 0.648 bits per heavy atom. The van der Waals surface area contributed by atoms with Crippen molar-refractivity contribution in [3.05, 3.63) is 0 Å². The maximum absolute atomic E-state index is 13.0. The van der Waals surface area contributed by atoms with Crippen molar-refractivity contribution < 1.29 is 80.2 Å². The van der Waals surface area contributed by atoms with Gasteiger partial charge in [-0.15, -0.1) is 0 Å². The zero-order valence-corrected chi connectivity index (χ0v) is 60.6. The largest absolute Gasteiger partial charge is 0.472 e. The zero-order chi connectivity index (χ0) is 66.8. The third-order valence-corrected chi connectivity index (χ3v) is 18.8. The standard InChI is InChI=1S/C72H140O17P2/c1-5-9-13-17-21-24-27-29-30-31-32-33-34-35-37-40-43-47-51-55-59-72(77)89-68(63-83-70(75)57-53-49-45-41-39-36-28-25-22-18-14-10-6-2)65-87-91(80,81)85-61-66(73)60-84-90(78,79)86-64-67(62-82-69(74)56-52-48-44-20-16-12-8-4)88-71(76)58-54-50-46-42-38-26-23-19-15-11-7-3/h66-68,73H,5-65H2,1-4H3,(H,78,79)(H,80,81)/t66-,67+,68+/m0/s1. The maximum atomic E-state index is 13.0. The molecule has 0 aliphatic rings. The minimum atomic E-state index is -4.95. The van der Waals surface area contributed by atoms with Crippen LogP contribution in [0.5, 0.6) is 0 Å². The summed E-state index contributed by atoms with van der Waals surface area (Å²) >= 11 is 0. The first-order valence-corrected chi connectivity index (χ1v) is 40.8. The number of rotatable bonds is 73. The van der Waals surface area contributed by atoms with Crippen LogP contribution >= 0.6 is 15.6 Å². The first-order chi connectivity index (χ1) is 44.2. The van der Waals surface area contributed by atoms with Gasteiger partial charge < -0.3 is 33.8 Å². The van der Waals surface area contributed by atoms with Crippen molar-refractivity contribution in [2.45, 2.75) is 399 Å². The van der Waals surface area contributed by atoms with Gasteiger partial charge >= 0.3 is 39.5 Å². The summed E-state index contributed by atoms with van der Waals surface area (Å²) in [6, 6.07) is 0. The molecule has 0 amide bonds. The number of aliphatic hydroxyl groups excluding tert-OH is 1. The highest BCUT2D eigenvalue weighted by Gasteiger charge is 2.30. The van der Waals surface area contributed by atoms with E-state index in [0.717, 1.165) is 103 Å². The van der Waals surface area contributed by atoms with Gasteiger partial charge in [0, 0.05) is 25.7 Å². The fraction of sp³-hybridized carbons (Fsp3) is 0.944. The van der Waals surface area contributed by atoms with Gasteiger partial charge in [-0.2, -0.15) is 0 Å². The Labute approximate surface area is 556 Å². The molecule has 0 bridgehead atoms. The number of unbranched alkanes of at least 4 members (excludes halogenated alkanes) is 47. The minimum Gasteiger partial charge on any atom is -0.462 e. The molecule has 540 valence electrons. The fourth-order valence-electron chi connectivity index (χ4n) is 11.0. The number of ether oxygens (including phenoxy) is 4. The number of carbonyl (C=O) groups excluding carboxylic acids is 4. The van der Waals surface area contributed by atoms with Crippen LogP contribution in [-0.4, -0.2) is 96.7 Å². The molecule has 0 heterocycles. The van der Waals surface area contributed by atoms with Crippen LogP contribution in [0.1, 0.15) is 381 Å². The number of hydrogen-bond acceptors (Lipinski definition) is 15. The Bertz CT molecular complexity index is 1740. The summed E-state index contributed by atoms with van der Waals surface area (Å²) in [5.41, 5.74) is 0. The normalized spacial score (nSPS) is 14.0. The summed E-state index contributed by atoms with van der Waals surface area (Å²) in [7, 11) is -9.89. The molecule has 0 saturated heterocycles. The van der Waals surface area contributed by atoms with Gasteiger partial charge in [-0.1, -0.05) is 329 Å². The zero-order valence-electron chi connectivity index (χ0n) is 58.8. The Kier molecular flexibility index (Phi) is 65.2. The third kappa shape index (κ3) is 66.5. The average Bonchev–Trinajstić information content (AvgIpc) is 3.63. The van der Waals surface area contributed by atoms with E-state index in [1.54, 1.807) is 0 Å². The smallest absolute Gasteiger partial charge is 0.462 e. The lowest BCUT2D eigenvalue weighted by Crippen LogP contribution is -2.30. The predicted octanol–water partition coefficient (Wildman–Crippen LogP) is 21.1. The summed E-state index contributed by atoms with van der Waals surface area (Å²) in [4.78, 5) is 72.4. The van der Waals surface area contributed by atoms with E-state index < -0.39 is 97.5 Å². The summed E-state index contributed by atoms with van der Waals surface area (Å²) in [5.74, 6) is -2.12. The van der Waals surface area contributed by atoms with Crippen molar-refractivity contribution in [2.75, 3.05) is 39.6 Å². The highest BCUT2D eigenvalue weighted by molar-refractivity contribution is 7.47. The monoisotopic (exact) mass is 1340 g/mol. The van der Waals surface area contributed by atoms with Crippen LogP contribution in [0.3, 0.4) is 0 Å². The molecule has 0 radical (unpaired) electrons. The Balaban J connectivity index is 5.16. The Morgan fingerprint density at radius 2 is 0.440 bits per heavy atom. The number of phosphoric ester groups is 2. The highest BCUT2D eigenvalue weighted by Crippen LogP contribution is 2.45. The number of hydrogen-bond donors (Lipinski definition) is 3. The van der Waals surface area contributed by atoms with Crippen molar-refractivity contribution in [2.24, 2.45) is 0 Å². The van der Waals surface area contributed by atoms with Crippen molar-refractivity contribution in [1.82, 2.24) is 0 Å². The molecule has 91 heavy (non-hydrogen) atoms. The first kappa shape index (κ1) is 89.1. The van der Waals surface area contributed by atoms with E-state index in [-0.39, 0.29) is 25.7 Å². The molecule has 0 saturated carbocycles. The van der Waals surface area contributed by atoms with Gasteiger partial charge in [0.2, 0.25) is 0 Å². The van der Waals surface area contributed by atoms with E-state index in [9.17, 15) is 43.2 Å². The molecule has 5 atom stereocenters. The molecule has 0 aliphatic carbocycles. The van der Waals surface area contributed by atoms with Crippen LogP contribution in [0.4, 0.5) is 0 Å². The van der Waals surface area contributed by atoms with E-state index in [2.05, 4.69) is 27.7 Å². The second-order valence-electron chi connectivity index (χ2n) is 26.0. The van der Waals surface area contributed by atoms with Gasteiger partial charge in [0.1, 0.15) is 19.3 Å². The summed E-state index contributed by atoms with van der Waals surface area (Å²) < 4.78 is 68.2. The molecule has 0 aromatic heterocycles. The number of esters is 4. The lowest BCUT2D eigenvalue weighted by molar-refractivity contribution is -0.161. The van der Waals surface area contributed by atoms with Crippen LogP contribution in [-0.2, 0) is 65.4 Å². The van der Waals surface area contributed by atoms with Gasteiger partial charge in [-0.25, -0.2) is 9.13 Å². The number of aliphatic hydroxyl groups is 1. The van der Waals surface area contributed by atoms with Crippen LogP contribution < -0.4 is 0 Å². The van der Waals surface area contributed by atoms with Crippen LogP contribution in [0.2, 0.25) is 0 Å². The molecule has 17 nitrogen and oxygen atoms in total. The number of carbonyl (C=O) groups is 4. The SMILES string of the molecule is CCCCCCCCCCCCCCCCCCCCCCC(=O)O[C@H](COC(=O)CCCCCCCCCCCCCCC)COP(=O)(O)OC[C@@H](O)COP(=O)(O)OC[C@@H](COC(=O)CCCCCCCCC)OC(=O)CCCCCCCCCCCCC. The Hall–Kier alpha value is -1.94. The third-order valence-electron chi connectivity index (χ3n) is 16.9. The van der Waals surface area contributed by atoms with E-state index in [1.165, 1.54) is 199 Å². The van der Waals surface area contributed by atoms with E-state index in [0.29, 0.717) is 25.7 Å². The van der Waals surface area contributed by atoms with Gasteiger partial charge in [-0.05, 0) is 25.7 Å². The van der Waals surface area contributed by atoms with Crippen LogP contribution in [0.25, 0.3) is 0 Å². The summed E-state index contributed by atoms with van der Waals surface area (Å²) in [5, 5.41) is 10.6. The lowest BCUT2D eigenvalue weighted by Gasteiger charge is -2.21. The van der Waals surface area contributed by atoms with Gasteiger partial charge in [-0.3, -0.25) is 37.3 Å². The average molecular weight is 1340 g/mol. The molecule has 0 fully saturated rings. The second kappa shape index (κ2) is 66.7. The molecule has 0 rings (SSSR count). The topological polar surface area (TPSA) is 237 Å². The van der Waals surface area contributed by atoms with Gasteiger partial charge in [0.05, 0.1) is 26.4 Å². The van der Waals surface area contributed by atoms with Crippen LogP contribution in [0, 0.1) is 0 Å². The maximum Gasteiger partial charge on any atom is 0.472 e. The molecule has 2 unspecified atom stereocenters. The fourth-order valence-corrected chi connectivity index (χ4v) is 12.6. The van der Waals surface area contributed by atoms with E-state index in [1.807, 2.05) is 0 Å². The van der Waals surface area contributed by atoms with E-state index >= 15 is 0 Å². The quantitative estimate of drug-likeness (QED) is 0.0222. The van der Waals surface area contributed by atoms with Crippen molar-refractivity contribution in [3.8, 4) is 0 Å². The van der Waals surface area contributed by atoms with Crippen LogP contribution in [0.15, 0.2) is 0 Å².